The van der Waals surface area contributed by atoms with Crippen LogP contribution in [0.4, 0.5) is 16.2 Å². The van der Waals surface area contributed by atoms with E-state index in [-0.39, 0.29) is 11.7 Å². The van der Waals surface area contributed by atoms with E-state index in [2.05, 4.69) is 10.6 Å². The summed E-state index contributed by atoms with van der Waals surface area (Å²) in [6, 6.07) is 5.16. The third-order valence-electron chi connectivity index (χ3n) is 2.97. The quantitative estimate of drug-likeness (QED) is 0.289. The van der Waals surface area contributed by atoms with Crippen molar-refractivity contribution in [3.05, 3.63) is 24.3 Å². The lowest BCUT2D eigenvalue weighted by Crippen LogP contribution is -2.41. The van der Waals surface area contributed by atoms with Gasteiger partial charge in [0, 0.05) is 13.0 Å². The van der Waals surface area contributed by atoms with Gasteiger partial charge in [0.1, 0.15) is 5.69 Å². The highest BCUT2D eigenvalue weighted by Gasteiger charge is 2.32. The first kappa shape index (κ1) is 19.2. The molecule has 0 atom stereocenters. The van der Waals surface area contributed by atoms with Crippen LogP contribution in [-0.4, -0.2) is 46.4 Å². The molecular formula is C14H24N4O4P+. The van der Waals surface area contributed by atoms with Crippen LogP contribution in [0.25, 0.3) is 0 Å². The Kier molecular flexibility index (Phi) is 6.32. The number of benzene rings is 1. The van der Waals surface area contributed by atoms with Gasteiger partial charge in [-0.15, -0.1) is 0 Å². The number of nitrogens with zero attached hydrogens (tertiary/aromatic N) is 2. The lowest BCUT2D eigenvalue weighted by molar-refractivity contribution is -0.464. The molecule has 0 fully saturated rings. The number of carbonyl (C=O) groups is 1. The van der Waals surface area contributed by atoms with Crippen molar-refractivity contribution >= 4 is 31.0 Å². The van der Waals surface area contributed by atoms with Gasteiger partial charge in [-0.1, -0.05) is 0 Å². The number of carbonyl (C=O) groups excluding carboxylic acids is 1. The molecule has 4 N–H and O–H groups in total. The van der Waals surface area contributed by atoms with E-state index in [1.807, 2.05) is 25.6 Å². The summed E-state index contributed by atoms with van der Waals surface area (Å²) >= 11 is 0. The molecule has 0 aromatic heterocycles. The standard InChI is InChI=1S/C14H23N4O4P/c1-10(2)15-14(19)18(23(20,21)22)13-8-6-12(7-9-13)16-11(3)17(4)5/h6-10H,1-5H3,(H3,15,19,20,21,22)/p+1. The monoisotopic (exact) mass is 343 g/mol. The molecule has 0 aliphatic carbocycles. The summed E-state index contributed by atoms with van der Waals surface area (Å²) in [6.45, 7) is 5.32. The maximum Gasteiger partial charge on any atom is 0.438 e. The Morgan fingerprint density at radius 1 is 1.22 bits per heavy atom. The van der Waals surface area contributed by atoms with Crippen molar-refractivity contribution in [2.24, 2.45) is 0 Å². The van der Waals surface area contributed by atoms with E-state index in [4.69, 9.17) is 0 Å². The second-order valence-electron chi connectivity index (χ2n) is 5.58. The zero-order chi connectivity index (χ0) is 17.8. The van der Waals surface area contributed by atoms with Crippen LogP contribution in [0.1, 0.15) is 20.8 Å². The van der Waals surface area contributed by atoms with Crippen molar-refractivity contribution in [2.45, 2.75) is 26.8 Å². The van der Waals surface area contributed by atoms with Crippen LogP contribution in [0.3, 0.4) is 0 Å². The third kappa shape index (κ3) is 5.67. The van der Waals surface area contributed by atoms with Crippen molar-refractivity contribution in [3.8, 4) is 0 Å². The SMILES string of the molecule is CC(Nc1ccc(N(C(=O)NC(C)C)P(=O)(O)O)cc1)=[N+](C)C. The summed E-state index contributed by atoms with van der Waals surface area (Å²) in [5, 5.41) is 5.62. The van der Waals surface area contributed by atoms with Crippen molar-refractivity contribution in [3.63, 3.8) is 0 Å². The Balaban J connectivity index is 3.08. The maximum atomic E-state index is 12.0. The number of hydrogen-bond donors (Lipinski definition) is 4. The average molecular weight is 343 g/mol. The van der Waals surface area contributed by atoms with E-state index in [0.717, 1.165) is 11.5 Å². The molecule has 0 radical (unpaired) electrons. The molecule has 0 aliphatic rings. The van der Waals surface area contributed by atoms with E-state index in [0.29, 0.717) is 4.67 Å². The Hall–Kier alpha value is -1.89. The predicted molar refractivity (Wildman–Crippen MR) is 91.0 cm³/mol. The molecule has 1 rings (SSSR count). The topological polar surface area (TPSA) is 105 Å². The van der Waals surface area contributed by atoms with E-state index < -0.39 is 13.8 Å². The second kappa shape index (κ2) is 7.59. The highest BCUT2D eigenvalue weighted by atomic mass is 31.2. The Labute approximate surface area is 136 Å². The fourth-order valence-corrected chi connectivity index (χ4v) is 2.43. The van der Waals surface area contributed by atoms with Gasteiger partial charge in [0.15, 0.2) is 0 Å². The average Bonchev–Trinajstić information content (AvgIpc) is 2.38. The van der Waals surface area contributed by atoms with Crippen molar-refractivity contribution in [1.29, 1.82) is 0 Å². The Morgan fingerprint density at radius 2 is 1.74 bits per heavy atom. The van der Waals surface area contributed by atoms with Gasteiger partial charge in [0.25, 0.3) is 0 Å². The molecule has 0 aliphatic heterocycles. The molecule has 9 heteroatoms. The molecular weight excluding hydrogens is 319 g/mol. The number of amides is 2. The van der Waals surface area contributed by atoms with Gasteiger partial charge in [-0.2, -0.15) is 4.67 Å². The van der Waals surface area contributed by atoms with Crippen LogP contribution in [-0.2, 0) is 4.57 Å². The Morgan fingerprint density at radius 3 is 2.13 bits per heavy atom. The highest BCUT2D eigenvalue weighted by molar-refractivity contribution is 7.54. The van der Waals surface area contributed by atoms with Crippen LogP contribution < -0.4 is 15.3 Å². The molecule has 0 spiro atoms. The molecule has 2 amide bonds. The zero-order valence-corrected chi connectivity index (χ0v) is 14.8. The lowest BCUT2D eigenvalue weighted by Gasteiger charge is -2.24. The van der Waals surface area contributed by atoms with Gasteiger partial charge >= 0.3 is 13.8 Å². The smallest absolute Gasteiger partial charge is 0.335 e. The number of nitrogens with one attached hydrogen (secondary N) is 2. The van der Waals surface area contributed by atoms with Crippen LogP contribution >= 0.6 is 7.75 Å². The van der Waals surface area contributed by atoms with Crippen LogP contribution in [0.2, 0.25) is 0 Å². The summed E-state index contributed by atoms with van der Waals surface area (Å²) < 4.78 is 14.0. The molecule has 1 aromatic carbocycles. The third-order valence-corrected chi connectivity index (χ3v) is 3.91. The van der Waals surface area contributed by atoms with E-state index in [1.54, 1.807) is 26.0 Å². The molecule has 8 nitrogen and oxygen atoms in total. The van der Waals surface area contributed by atoms with Crippen LogP contribution in [0.15, 0.2) is 24.3 Å². The normalized spacial score (nSPS) is 11.1. The largest absolute Gasteiger partial charge is 0.438 e. The molecule has 0 unspecified atom stereocenters. The summed E-state index contributed by atoms with van der Waals surface area (Å²) in [4.78, 5) is 31.0. The van der Waals surface area contributed by atoms with Gasteiger partial charge in [-0.3, -0.25) is 4.58 Å². The predicted octanol–water partition coefficient (Wildman–Crippen LogP) is 1.81. The van der Waals surface area contributed by atoms with Crippen molar-refractivity contribution in [2.75, 3.05) is 24.1 Å². The highest BCUT2D eigenvalue weighted by Crippen LogP contribution is 2.44. The van der Waals surface area contributed by atoms with Crippen molar-refractivity contribution < 1.29 is 23.7 Å². The van der Waals surface area contributed by atoms with E-state index >= 15 is 0 Å². The maximum absolute atomic E-state index is 12.0. The number of anilines is 2. The number of urea groups is 1. The second-order valence-corrected chi connectivity index (χ2v) is 7.01. The zero-order valence-electron chi connectivity index (χ0n) is 13.9. The molecule has 0 bridgehead atoms. The lowest BCUT2D eigenvalue weighted by atomic mass is 10.2. The molecule has 0 saturated carbocycles. The fraction of sp³-hybridized carbons (Fsp3) is 0.429. The van der Waals surface area contributed by atoms with Crippen molar-refractivity contribution in [1.82, 2.24) is 5.32 Å². The van der Waals surface area contributed by atoms with Gasteiger partial charge < -0.3 is 15.1 Å². The van der Waals surface area contributed by atoms with Crippen LogP contribution in [0, 0.1) is 0 Å². The molecule has 0 heterocycles. The van der Waals surface area contributed by atoms with E-state index in [9.17, 15) is 19.1 Å². The summed E-state index contributed by atoms with van der Waals surface area (Å²) in [5.41, 5.74) is 0.861. The number of rotatable bonds is 4. The first-order chi connectivity index (χ1) is 10.5. The van der Waals surface area contributed by atoms with Gasteiger partial charge in [0.05, 0.1) is 19.8 Å². The first-order valence-corrected chi connectivity index (χ1v) is 8.63. The first-order valence-electron chi connectivity index (χ1n) is 7.07. The Bertz CT molecular complexity index is 633. The van der Waals surface area contributed by atoms with Gasteiger partial charge in [-0.25, -0.2) is 14.7 Å². The number of amidine groups is 1. The van der Waals surface area contributed by atoms with E-state index in [1.165, 1.54) is 12.1 Å². The number of hydrogen-bond acceptors (Lipinski definition) is 2. The summed E-state index contributed by atoms with van der Waals surface area (Å²) in [7, 11) is -0.998. The molecule has 128 valence electrons. The molecule has 0 saturated heterocycles. The summed E-state index contributed by atoms with van der Waals surface area (Å²) in [5.74, 6) is 0.905. The molecule has 1 aromatic rings. The minimum absolute atomic E-state index is 0.115. The molecule has 23 heavy (non-hydrogen) atoms. The minimum atomic E-state index is -4.78. The van der Waals surface area contributed by atoms with Gasteiger partial charge in [-0.05, 0) is 38.1 Å². The summed E-state index contributed by atoms with van der Waals surface area (Å²) in [6.07, 6.45) is 0. The minimum Gasteiger partial charge on any atom is -0.335 e. The fourth-order valence-electron chi connectivity index (χ4n) is 1.70. The van der Waals surface area contributed by atoms with Crippen LogP contribution in [0.5, 0.6) is 0 Å². The van der Waals surface area contributed by atoms with Gasteiger partial charge in [0.2, 0.25) is 5.84 Å².